The molecule has 4 heteroatoms. The van der Waals surface area contributed by atoms with Crippen LogP contribution in [0.2, 0.25) is 0 Å². The number of hydrogen-bond donors (Lipinski definition) is 1. The number of nitrogens with two attached hydrogens (primary N) is 1. The second-order valence-corrected chi connectivity index (χ2v) is 6.05. The molecule has 0 spiro atoms. The molecule has 1 aromatic rings. The summed E-state index contributed by atoms with van der Waals surface area (Å²) in [6, 6.07) is 0. The molecule has 0 atom stereocenters. The monoisotopic (exact) mass is 264 g/mol. The average molecular weight is 264 g/mol. The van der Waals surface area contributed by atoms with Crippen LogP contribution in [0.5, 0.6) is 0 Å². The van der Waals surface area contributed by atoms with Crippen molar-refractivity contribution in [1.82, 2.24) is 14.8 Å². The third-order valence-electron chi connectivity index (χ3n) is 4.51. The summed E-state index contributed by atoms with van der Waals surface area (Å²) in [7, 11) is 0. The minimum Gasteiger partial charge on any atom is -0.330 e. The van der Waals surface area contributed by atoms with E-state index >= 15 is 0 Å². The number of hydrogen-bond acceptors (Lipinski definition) is 3. The van der Waals surface area contributed by atoms with E-state index in [9.17, 15) is 0 Å². The highest BCUT2D eigenvalue weighted by atomic mass is 15.3. The van der Waals surface area contributed by atoms with Crippen molar-refractivity contribution in [2.45, 2.75) is 71.3 Å². The van der Waals surface area contributed by atoms with Crippen LogP contribution in [0.25, 0.3) is 0 Å². The van der Waals surface area contributed by atoms with Gasteiger partial charge in [0, 0.05) is 13.0 Å². The summed E-state index contributed by atoms with van der Waals surface area (Å²) in [5, 5.41) is 4.34. The second kappa shape index (κ2) is 7.04. The van der Waals surface area contributed by atoms with Crippen molar-refractivity contribution < 1.29 is 0 Å². The van der Waals surface area contributed by atoms with E-state index in [1.807, 2.05) is 0 Å². The molecule has 2 rings (SSSR count). The van der Waals surface area contributed by atoms with Crippen molar-refractivity contribution in [2.75, 3.05) is 6.54 Å². The average Bonchev–Trinajstić information content (AvgIpc) is 2.81. The Labute approximate surface area is 116 Å². The van der Waals surface area contributed by atoms with Gasteiger partial charge in [-0.3, -0.25) is 4.68 Å². The molecule has 1 aliphatic carbocycles. The fourth-order valence-corrected chi connectivity index (χ4v) is 3.27. The Balaban J connectivity index is 2.09. The number of aromatic nitrogens is 3. The zero-order valence-electron chi connectivity index (χ0n) is 12.3. The maximum Gasteiger partial charge on any atom is 0.138 e. The zero-order chi connectivity index (χ0) is 13.6. The van der Waals surface area contributed by atoms with Gasteiger partial charge in [0.05, 0.1) is 0 Å². The summed E-state index contributed by atoms with van der Waals surface area (Å²) < 4.78 is 2.07. The molecule has 0 radical (unpaired) electrons. The molecule has 108 valence electrons. The van der Waals surface area contributed by atoms with Gasteiger partial charge in [-0.1, -0.05) is 39.0 Å². The molecule has 1 aliphatic rings. The summed E-state index contributed by atoms with van der Waals surface area (Å²) in [6.45, 7) is 3.93. The molecule has 0 saturated heterocycles. The Hall–Kier alpha value is -0.900. The zero-order valence-corrected chi connectivity index (χ0v) is 12.3. The summed E-state index contributed by atoms with van der Waals surface area (Å²) in [5.74, 6) is 1.13. The van der Waals surface area contributed by atoms with E-state index in [-0.39, 0.29) is 5.41 Å². The summed E-state index contributed by atoms with van der Waals surface area (Å²) in [6.07, 6.45) is 13.1. The SMILES string of the molecule is CCCn1ncnc1CC1(CN)CCCCCCC1. The van der Waals surface area contributed by atoms with Gasteiger partial charge < -0.3 is 5.73 Å². The summed E-state index contributed by atoms with van der Waals surface area (Å²) >= 11 is 0. The van der Waals surface area contributed by atoms with Gasteiger partial charge in [0.25, 0.3) is 0 Å². The van der Waals surface area contributed by atoms with Gasteiger partial charge in [-0.25, -0.2) is 4.98 Å². The molecule has 0 amide bonds. The van der Waals surface area contributed by atoms with Crippen LogP contribution in [0.3, 0.4) is 0 Å². The molecule has 1 saturated carbocycles. The number of rotatable bonds is 5. The van der Waals surface area contributed by atoms with E-state index in [0.29, 0.717) is 0 Å². The topological polar surface area (TPSA) is 56.7 Å². The lowest BCUT2D eigenvalue weighted by Gasteiger charge is -2.34. The van der Waals surface area contributed by atoms with Gasteiger partial charge in [-0.05, 0) is 31.2 Å². The number of nitrogens with zero attached hydrogens (tertiary/aromatic N) is 3. The van der Waals surface area contributed by atoms with Gasteiger partial charge in [0.1, 0.15) is 12.2 Å². The fraction of sp³-hybridized carbons (Fsp3) is 0.867. The highest BCUT2D eigenvalue weighted by Crippen LogP contribution is 2.36. The summed E-state index contributed by atoms with van der Waals surface area (Å²) in [4.78, 5) is 4.47. The van der Waals surface area contributed by atoms with Crippen molar-refractivity contribution in [3.8, 4) is 0 Å². The normalized spacial score (nSPS) is 19.9. The van der Waals surface area contributed by atoms with Crippen molar-refractivity contribution in [2.24, 2.45) is 11.1 Å². The Morgan fingerprint density at radius 2 is 1.89 bits per heavy atom. The molecule has 19 heavy (non-hydrogen) atoms. The molecular weight excluding hydrogens is 236 g/mol. The van der Waals surface area contributed by atoms with Crippen LogP contribution in [-0.2, 0) is 13.0 Å². The second-order valence-electron chi connectivity index (χ2n) is 6.05. The molecule has 1 fully saturated rings. The van der Waals surface area contributed by atoms with Crippen molar-refractivity contribution in [1.29, 1.82) is 0 Å². The lowest BCUT2D eigenvalue weighted by Crippen LogP contribution is -2.34. The van der Waals surface area contributed by atoms with Gasteiger partial charge in [-0.2, -0.15) is 5.10 Å². The molecular formula is C15H28N4. The van der Waals surface area contributed by atoms with E-state index in [0.717, 1.165) is 31.8 Å². The molecule has 1 aromatic heterocycles. The minimum absolute atomic E-state index is 0.263. The van der Waals surface area contributed by atoms with Crippen LogP contribution >= 0.6 is 0 Å². The van der Waals surface area contributed by atoms with E-state index in [4.69, 9.17) is 5.73 Å². The van der Waals surface area contributed by atoms with Crippen LogP contribution in [0.1, 0.15) is 64.1 Å². The van der Waals surface area contributed by atoms with Crippen LogP contribution < -0.4 is 5.73 Å². The van der Waals surface area contributed by atoms with Crippen molar-refractivity contribution >= 4 is 0 Å². The predicted molar refractivity (Wildman–Crippen MR) is 77.8 cm³/mol. The summed E-state index contributed by atoms with van der Waals surface area (Å²) in [5.41, 5.74) is 6.40. The maximum atomic E-state index is 6.14. The molecule has 4 nitrogen and oxygen atoms in total. The first-order valence-electron chi connectivity index (χ1n) is 7.86. The van der Waals surface area contributed by atoms with Crippen molar-refractivity contribution in [3.05, 3.63) is 12.2 Å². The smallest absolute Gasteiger partial charge is 0.138 e. The van der Waals surface area contributed by atoms with Crippen LogP contribution in [-0.4, -0.2) is 21.3 Å². The van der Waals surface area contributed by atoms with E-state index in [1.54, 1.807) is 6.33 Å². The van der Waals surface area contributed by atoms with Crippen LogP contribution in [0.4, 0.5) is 0 Å². The quantitative estimate of drug-likeness (QED) is 0.889. The Morgan fingerprint density at radius 3 is 2.53 bits per heavy atom. The largest absolute Gasteiger partial charge is 0.330 e. The number of aryl methyl sites for hydroxylation is 1. The third kappa shape index (κ3) is 3.78. The van der Waals surface area contributed by atoms with Gasteiger partial charge >= 0.3 is 0 Å². The van der Waals surface area contributed by atoms with Gasteiger partial charge in [0.15, 0.2) is 0 Å². The standard InChI is InChI=1S/C15H28N4/c1-2-10-19-14(17-13-18-19)11-15(12-16)8-6-4-3-5-7-9-15/h13H,2-12,16H2,1H3. The van der Waals surface area contributed by atoms with Crippen LogP contribution in [0.15, 0.2) is 6.33 Å². The molecule has 0 aliphatic heterocycles. The minimum atomic E-state index is 0.263. The molecule has 1 heterocycles. The van der Waals surface area contributed by atoms with E-state index in [1.165, 1.54) is 44.9 Å². The predicted octanol–water partition coefficient (Wildman–Crippen LogP) is 2.92. The first-order chi connectivity index (χ1) is 9.29. The Kier molecular flexibility index (Phi) is 5.37. The van der Waals surface area contributed by atoms with Gasteiger partial charge in [-0.15, -0.1) is 0 Å². The molecule has 2 N–H and O–H groups in total. The first-order valence-corrected chi connectivity index (χ1v) is 7.86. The molecule has 0 unspecified atom stereocenters. The highest BCUT2D eigenvalue weighted by Gasteiger charge is 2.30. The Morgan fingerprint density at radius 1 is 1.21 bits per heavy atom. The lowest BCUT2D eigenvalue weighted by molar-refractivity contribution is 0.209. The van der Waals surface area contributed by atoms with Crippen molar-refractivity contribution in [3.63, 3.8) is 0 Å². The highest BCUT2D eigenvalue weighted by molar-refractivity contribution is 4.95. The molecule has 0 bridgehead atoms. The van der Waals surface area contributed by atoms with Gasteiger partial charge in [0.2, 0.25) is 0 Å². The van der Waals surface area contributed by atoms with E-state index in [2.05, 4.69) is 21.7 Å². The Bertz CT molecular complexity index is 364. The molecule has 0 aromatic carbocycles. The third-order valence-corrected chi connectivity index (χ3v) is 4.51. The maximum absolute atomic E-state index is 6.14. The van der Waals surface area contributed by atoms with Crippen LogP contribution in [0, 0.1) is 5.41 Å². The first kappa shape index (κ1) is 14.5. The lowest BCUT2D eigenvalue weighted by atomic mass is 9.73. The fourth-order valence-electron chi connectivity index (χ4n) is 3.27. The van der Waals surface area contributed by atoms with E-state index < -0.39 is 0 Å².